The van der Waals surface area contributed by atoms with Crippen LogP contribution in [-0.4, -0.2) is 42.3 Å². The van der Waals surface area contributed by atoms with Crippen molar-refractivity contribution in [3.63, 3.8) is 0 Å². The third-order valence-electron chi connectivity index (χ3n) is 3.74. The molecule has 1 saturated heterocycles. The van der Waals surface area contributed by atoms with Gasteiger partial charge in [-0.3, -0.25) is 10.1 Å². The van der Waals surface area contributed by atoms with Gasteiger partial charge in [-0.1, -0.05) is 27.7 Å². The van der Waals surface area contributed by atoms with Crippen molar-refractivity contribution in [3.05, 3.63) is 0 Å². The average Bonchev–Trinajstić information content (AvgIpc) is 2.56. The fraction of sp³-hybridized carbons (Fsp3) is 0.933. The number of nitrogens with zero attached hydrogens (tertiary/aromatic N) is 1. The molecule has 3 atom stereocenters. The van der Waals surface area contributed by atoms with Crippen LogP contribution >= 0.6 is 0 Å². The van der Waals surface area contributed by atoms with E-state index in [1.165, 1.54) is 0 Å². The second kappa shape index (κ2) is 7.25. The third kappa shape index (κ3) is 4.18. The lowest BCUT2D eigenvalue weighted by atomic mass is 10.0. The molecule has 1 N–H and O–H groups in total. The van der Waals surface area contributed by atoms with E-state index in [0.29, 0.717) is 25.0 Å². The van der Waals surface area contributed by atoms with E-state index in [2.05, 4.69) is 39.9 Å². The van der Waals surface area contributed by atoms with Gasteiger partial charge in [0.25, 0.3) is 0 Å². The van der Waals surface area contributed by atoms with E-state index in [-0.39, 0.29) is 24.2 Å². The summed E-state index contributed by atoms with van der Waals surface area (Å²) in [6.07, 6.45) is 1.00. The molecule has 0 saturated carbocycles. The molecule has 0 aromatic rings. The Kier molecular flexibility index (Phi) is 6.27. The predicted molar refractivity (Wildman–Crippen MR) is 77.8 cm³/mol. The summed E-state index contributed by atoms with van der Waals surface area (Å²) in [5.41, 5.74) is 0. The van der Waals surface area contributed by atoms with Crippen LogP contribution in [0.2, 0.25) is 0 Å². The van der Waals surface area contributed by atoms with Crippen LogP contribution in [0.15, 0.2) is 0 Å². The maximum Gasteiger partial charge on any atom is 0.241 e. The maximum absolute atomic E-state index is 12.6. The lowest BCUT2D eigenvalue weighted by Gasteiger charge is -2.33. The highest BCUT2D eigenvalue weighted by molar-refractivity contribution is 5.84. The van der Waals surface area contributed by atoms with Crippen molar-refractivity contribution in [2.45, 2.75) is 66.2 Å². The molecule has 1 aliphatic heterocycles. The fourth-order valence-corrected chi connectivity index (χ4v) is 2.74. The molecule has 1 rings (SSSR count). The molecule has 4 heteroatoms. The molecule has 1 fully saturated rings. The Bertz CT molecular complexity index is 292. The van der Waals surface area contributed by atoms with Gasteiger partial charge in [-0.15, -0.1) is 0 Å². The van der Waals surface area contributed by atoms with E-state index in [4.69, 9.17) is 4.74 Å². The van der Waals surface area contributed by atoms with Gasteiger partial charge in [0, 0.05) is 6.61 Å². The second-order valence-electron chi connectivity index (χ2n) is 6.24. The van der Waals surface area contributed by atoms with Gasteiger partial charge in [-0.2, -0.15) is 0 Å². The molecular formula is C15H30N2O2. The standard InChI is InChI=1S/C15H30N2O2/c1-7-19-9-14(11(4)5)17-12(6)16-13(15(17)18)8-10(2)3/h10-14,16H,7-9H2,1-6H3. The van der Waals surface area contributed by atoms with Gasteiger partial charge in [0.2, 0.25) is 5.91 Å². The summed E-state index contributed by atoms with van der Waals surface area (Å²) in [5.74, 6) is 1.16. The molecule has 0 aromatic heterocycles. The van der Waals surface area contributed by atoms with Crippen LogP contribution in [0.3, 0.4) is 0 Å². The van der Waals surface area contributed by atoms with Crippen LogP contribution in [0.1, 0.15) is 48.0 Å². The van der Waals surface area contributed by atoms with Crippen molar-refractivity contribution < 1.29 is 9.53 Å². The minimum atomic E-state index is -0.0297. The van der Waals surface area contributed by atoms with Crippen LogP contribution in [0.5, 0.6) is 0 Å². The minimum absolute atomic E-state index is 0.0297. The lowest BCUT2D eigenvalue weighted by Crippen LogP contribution is -2.48. The first-order valence-corrected chi connectivity index (χ1v) is 7.54. The van der Waals surface area contributed by atoms with Crippen molar-refractivity contribution in [1.82, 2.24) is 10.2 Å². The number of nitrogens with one attached hydrogen (secondary N) is 1. The zero-order valence-electron chi connectivity index (χ0n) is 13.3. The number of hydrogen-bond acceptors (Lipinski definition) is 3. The lowest BCUT2D eigenvalue weighted by molar-refractivity contribution is -0.134. The summed E-state index contributed by atoms with van der Waals surface area (Å²) in [6.45, 7) is 14.0. The highest BCUT2D eigenvalue weighted by Gasteiger charge is 2.41. The Morgan fingerprint density at radius 3 is 2.42 bits per heavy atom. The maximum atomic E-state index is 12.6. The first-order chi connectivity index (χ1) is 8.88. The molecule has 1 amide bonds. The first kappa shape index (κ1) is 16.4. The normalized spacial score (nSPS) is 25.7. The molecule has 0 aliphatic carbocycles. The Morgan fingerprint density at radius 2 is 1.95 bits per heavy atom. The summed E-state index contributed by atoms with van der Waals surface area (Å²) in [5, 5.41) is 3.42. The van der Waals surface area contributed by atoms with Crippen molar-refractivity contribution in [3.8, 4) is 0 Å². The summed E-state index contributed by atoms with van der Waals surface area (Å²) < 4.78 is 5.56. The molecule has 1 heterocycles. The second-order valence-corrected chi connectivity index (χ2v) is 6.24. The highest BCUT2D eigenvalue weighted by Crippen LogP contribution is 2.23. The zero-order chi connectivity index (χ0) is 14.6. The number of rotatable bonds is 7. The van der Waals surface area contributed by atoms with Gasteiger partial charge >= 0.3 is 0 Å². The molecule has 0 radical (unpaired) electrons. The molecule has 0 bridgehead atoms. The number of carbonyl (C=O) groups excluding carboxylic acids is 1. The summed E-state index contributed by atoms with van der Waals surface area (Å²) in [6, 6.07) is 0.130. The Morgan fingerprint density at radius 1 is 1.32 bits per heavy atom. The van der Waals surface area contributed by atoms with E-state index in [9.17, 15) is 4.79 Å². The molecule has 3 unspecified atom stereocenters. The van der Waals surface area contributed by atoms with E-state index < -0.39 is 0 Å². The molecule has 0 aromatic carbocycles. The van der Waals surface area contributed by atoms with Gasteiger partial charge in [0.05, 0.1) is 24.9 Å². The molecule has 1 aliphatic rings. The Balaban J connectivity index is 2.76. The number of carbonyl (C=O) groups is 1. The summed E-state index contributed by atoms with van der Waals surface area (Å²) >= 11 is 0. The van der Waals surface area contributed by atoms with Crippen LogP contribution < -0.4 is 5.32 Å². The van der Waals surface area contributed by atoms with E-state index >= 15 is 0 Å². The Hall–Kier alpha value is -0.610. The van der Waals surface area contributed by atoms with Gasteiger partial charge in [0.1, 0.15) is 0 Å². The quantitative estimate of drug-likeness (QED) is 0.771. The van der Waals surface area contributed by atoms with E-state index in [0.717, 1.165) is 6.42 Å². The monoisotopic (exact) mass is 270 g/mol. The van der Waals surface area contributed by atoms with Crippen LogP contribution in [0, 0.1) is 11.8 Å². The van der Waals surface area contributed by atoms with Gasteiger partial charge < -0.3 is 9.64 Å². The SMILES string of the molecule is CCOCC(C(C)C)N1C(=O)C(CC(C)C)NC1C. The van der Waals surface area contributed by atoms with Crippen molar-refractivity contribution in [1.29, 1.82) is 0 Å². The predicted octanol–water partition coefficient (Wildman–Crippen LogP) is 2.24. The molecule has 112 valence electrons. The highest BCUT2D eigenvalue weighted by atomic mass is 16.5. The van der Waals surface area contributed by atoms with Crippen LogP contribution in [0.25, 0.3) is 0 Å². The average molecular weight is 270 g/mol. The largest absolute Gasteiger partial charge is 0.380 e. The fourth-order valence-electron chi connectivity index (χ4n) is 2.74. The third-order valence-corrected chi connectivity index (χ3v) is 3.74. The Labute approximate surface area is 117 Å². The van der Waals surface area contributed by atoms with Crippen molar-refractivity contribution in [2.24, 2.45) is 11.8 Å². The summed E-state index contributed by atoms with van der Waals surface area (Å²) in [4.78, 5) is 14.6. The minimum Gasteiger partial charge on any atom is -0.380 e. The van der Waals surface area contributed by atoms with Gasteiger partial charge in [0.15, 0.2) is 0 Å². The van der Waals surface area contributed by atoms with Gasteiger partial charge in [-0.25, -0.2) is 0 Å². The van der Waals surface area contributed by atoms with Crippen molar-refractivity contribution >= 4 is 5.91 Å². The number of amides is 1. The summed E-state index contributed by atoms with van der Waals surface area (Å²) in [7, 11) is 0. The molecule has 4 nitrogen and oxygen atoms in total. The number of hydrogen-bond donors (Lipinski definition) is 1. The van der Waals surface area contributed by atoms with E-state index in [1.807, 2.05) is 11.8 Å². The smallest absolute Gasteiger partial charge is 0.241 e. The molecule has 19 heavy (non-hydrogen) atoms. The number of ether oxygens (including phenoxy) is 1. The van der Waals surface area contributed by atoms with Gasteiger partial charge in [-0.05, 0) is 32.1 Å². The topological polar surface area (TPSA) is 41.6 Å². The molecular weight excluding hydrogens is 240 g/mol. The van der Waals surface area contributed by atoms with Crippen molar-refractivity contribution in [2.75, 3.05) is 13.2 Å². The van der Waals surface area contributed by atoms with Crippen LogP contribution in [-0.2, 0) is 9.53 Å². The zero-order valence-corrected chi connectivity index (χ0v) is 13.3. The van der Waals surface area contributed by atoms with E-state index in [1.54, 1.807) is 0 Å². The molecule has 0 spiro atoms. The van der Waals surface area contributed by atoms with Crippen LogP contribution in [0.4, 0.5) is 0 Å². The first-order valence-electron chi connectivity index (χ1n) is 7.54.